The second-order valence-electron chi connectivity index (χ2n) is 12.2. The summed E-state index contributed by atoms with van der Waals surface area (Å²) in [7, 11) is 0. The Morgan fingerprint density at radius 1 is 1.08 bits per heavy atom. The van der Waals surface area contributed by atoms with Gasteiger partial charge in [0.05, 0.1) is 35.7 Å². The molecule has 1 saturated heterocycles. The minimum Gasteiger partial charge on any atom is -0.455 e. The Labute approximate surface area is 226 Å². The smallest absolute Gasteiger partial charge is 0.338 e. The summed E-state index contributed by atoms with van der Waals surface area (Å²) in [5.74, 6) is -3.60. The van der Waals surface area contributed by atoms with Crippen molar-refractivity contribution in [2.45, 2.75) is 89.2 Å². The van der Waals surface area contributed by atoms with Crippen LogP contribution in [0.1, 0.15) is 57.8 Å². The van der Waals surface area contributed by atoms with Gasteiger partial charge in [0.2, 0.25) is 0 Å². The molecule has 0 radical (unpaired) electrons. The van der Waals surface area contributed by atoms with Crippen molar-refractivity contribution >= 4 is 17.7 Å². The van der Waals surface area contributed by atoms with Crippen LogP contribution in [-0.2, 0) is 23.8 Å². The number of carbonyl (C=O) groups is 3. The summed E-state index contributed by atoms with van der Waals surface area (Å²) in [4.78, 5) is 40.3. The highest BCUT2D eigenvalue weighted by Gasteiger charge is 2.77. The van der Waals surface area contributed by atoms with Gasteiger partial charge < -0.3 is 34.6 Å². The molecule has 3 fully saturated rings. The van der Waals surface area contributed by atoms with Crippen molar-refractivity contribution in [3.63, 3.8) is 0 Å². The predicted octanol–water partition coefficient (Wildman–Crippen LogP) is 1.08. The maximum Gasteiger partial charge on any atom is 0.338 e. The molecular weight excluding hydrogens is 508 g/mol. The van der Waals surface area contributed by atoms with E-state index in [9.17, 15) is 34.8 Å². The summed E-state index contributed by atoms with van der Waals surface area (Å²) in [6.07, 6.45) is -7.26. The highest BCUT2D eigenvalue weighted by atomic mass is 16.6. The van der Waals surface area contributed by atoms with E-state index < -0.39 is 76.2 Å². The summed E-state index contributed by atoms with van der Waals surface area (Å²) in [5, 5.41) is 46.7. The molecule has 10 nitrogen and oxygen atoms in total. The summed E-state index contributed by atoms with van der Waals surface area (Å²) in [6, 6.07) is 8.08. The Morgan fingerprint density at radius 3 is 2.28 bits per heavy atom. The SMILES string of the molecule is CC(=O)O[C@@]12CO[C@@H]1C[C@H](O)[C@@]1(C)C(=O)[C@H](O)C3=C(C)[C@H](O)C[C@@](O)([C@@H](OC(=O)c4ccccc4)[C@@H]21)C3(C)C. The lowest BCUT2D eigenvalue weighted by Gasteiger charge is -2.67. The number of esters is 2. The van der Waals surface area contributed by atoms with Gasteiger partial charge in [0.15, 0.2) is 11.4 Å². The zero-order chi connectivity index (χ0) is 28.7. The molecular formula is C29H36O10. The van der Waals surface area contributed by atoms with Gasteiger partial charge in [-0.3, -0.25) is 9.59 Å². The van der Waals surface area contributed by atoms with Crippen LogP contribution in [0, 0.1) is 16.7 Å². The maximum absolute atomic E-state index is 14.3. The molecule has 9 atom stereocenters. The average molecular weight is 545 g/mol. The van der Waals surface area contributed by atoms with Crippen LogP contribution in [0.15, 0.2) is 41.5 Å². The largest absolute Gasteiger partial charge is 0.455 e. The van der Waals surface area contributed by atoms with Crippen LogP contribution >= 0.6 is 0 Å². The van der Waals surface area contributed by atoms with Crippen molar-refractivity contribution in [2.24, 2.45) is 16.7 Å². The van der Waals surface area contributed by atoms with E-state index in [1.54, 1.807) is 39.0 Å². The second-order valence-corrected chi connectivity index (χ2v) is 12.2. The number of fused-ring (bicyclic) bond motifs is 5. The molecule has 39 heavy (non-hydrogen) atoms. The molecule has 0 aromatic heterocycles. The molecule has 0 unspecified atom stereocenters. The fourth-order valence-electron chi connectivity index (χ4n) is 7.66. The Bertz CT molecular complexity index is 1240. The van der Waals surface area contributed by atoms with Crippen molar-refractivity contribution in [3.8, 4) is 0 Å². The molecule has 212 valence electrons. The van der Waals surface area contributed by atoms with Gasteiger partial charge in [-0.05, 0) is 37.1 Å². The highest BCUT2D eigenvalue weighted by Crippen LogP contribution is 2.63. The standard InChI is InChI=1S/C29H36O10/c1-14-17(31)12-29(36)24(38-25(35)16-9-7-6-8-10-16)22-27(5,23(34)21(33)20(14)26(29,3)4)18(32)11-19-28(22,13-37-19)39-15(2)30/h6-10,17-19,21-22,24,31-33,36H,11-13H2,1-5H3/t17-,18+,19-,21-,22-,24+,27-,28+,29-/m1/s1. The average Bonchev–Trinajstić information content (AvgIpc) is 2.87. The first-order valence-electron chi connectivity index (χ1n) is 13.2. The lowest BCUT2D eigenvalue weighted by molar-refractivity contribution is -0.345. The molecule has 2 bridgehead atoms. The number of hydrogen-bond donors (Lipinski definition) is 4. The second kappa shape index (κ2) is 8.94. The van der Waals surface area contributed by atoms with E-state index in [1.807, 2.05) is 0 Å². The summed E-state index contributed by atoms with van der Waals surface area (Å²) >= 11 is 0. The maximum atomic E-state index is 14.3. The van der Waals surface area contributed by atoms with Gasteiger partial charge in [-0.15, -0.1) is 0 Å². The van der Waals surface area contributed by atoms with Crippen molar-refractivity contribution in [1.29, 1.82) is 0 Å². The van der Waals surface area contributed by atoms with Gasteiger partial charge in [0.1, 0.15) is 23.9 Å². The van der Waals surface area contributed by atoms with Crippen LogP contribution in [0.4, 0.5) is 0 Å². The molecule has 4 N–H and O–H groups in total. The number of benzene rings is 1. The molecule has 10 heteroatoms. The number of hydrogen-bond acceptors (Lipinski definition) is 10. The third kappa shape index (κ3) is 3.62. The first kappa shape index (κ1) is 27.9. The van der Waals surface area contributed by atoms with Crippen LogP contribution in [0.3, 0.4) is 0 Å². The van der Waals surface area contributed by atoms with E-state index in [1.165, 1.54) is 26.0 Å². The third-order valence-corrected chi connectivity index (χ3v) is 9.95. The van der Waals surface area contributed by atoms with Gasteiger partial charge >= 0.3 is 11.9 Å². The Balaban J connectivity index is 1.81. The number of ketones is 1. The molecule has 4 aliphatic rings. The van der Waals surface area contributed by atoms with E-state index in [4.69, 9.17) is 14.2 Å². The Kier molecular flexibility index (Phi) is 6.40. The monoisotopic (exact) mass is 544 g/mol. The van der Waals surface area contributed by atoms with Crippen LogP contribution in [0.25, 0.3) is 0 Å². The number of Topliss-reactive ketones (excluding diaryl/α,β-unsaturated/α-hetero) is 1. The lowest BCUT2D eigenvalue weighted by Crippen LogP contribution is -2.81. The van der Waals surface area contributed by atoms with Gasteiger partial charge in [-0.25, -0.2) is 4.79 Å². The van der Waals surface area contributed by atoms with Crippen molar-refractivity contribution < 1.29 is 49.0 Å². The first-order chi connectivity index (χ1) is 18.1. The Hall–Kier alpha value is -2.63. The quantitative estimate of drug-likeness (QED) is 0.320. The molecule has 1 aromatic carbocycles. The van der Waals surface area contributed by atoms with Crippen LogP contribution < -0.4 is 0 Å². The van der Waals surface area contributed by atoms with Crippen molar-refractivity contribution in [3.05, 3.63) is 47.0 Å². The number of rotatable bonds is 3. The predicted molar refractivity (Wildman–Crippen MR) is 135 cm³/mol. The molecule has 1 aliphatic heterocycles. The van der Waals surface area contributed by atoms with Gasteiger partial charge in [0, 0.05) is 25.2 Å². The lowest BCUT2D eigenvalue weighted by atomic mass is 9.44. The zero-order valence-corrected chi connectivity index (χ0v) is 22.7. The van der Waals surface area contributed by atoms with E-state index in [-0.39, 0.29) is 30.6 Å². The minimum atomic E-state index is -2.07. The summed E-state index contributed by atoms with van der Waals surface area (Å²) in [5.41, 5.74) is -6.24. The van der Waals surface area contributed by atoms with E-state index in [0.29, 0.717) is 5.57 Å². The van der Waals surface area contributed by atoms with E-state index in [2.05, 4.69) is 0 Å². The van der Waals surface area contributed by atoms with Crippen LogP contribution in [-0.4, -0.2) is 86.5 Å². The Morgan fingerprint density at radius 2 is 1.72 bits per heavy atom. The van der Waals surface area contributed by atoms with E-state index in [0.717, 1.165) is 0 Å². The molecule has 5 rings (SSSR count). The van der Waals surface area contributed by atoms with Gasteiger partial charge in [0.25, 0.3) is 0 Å². The molecule has 1 aromatic rings. The van der Waals surface area contributed by atoms with Gasteiger partial charge in [-0.1, -0.05) is 32.0 Å². The molecule has 0 spiro atoms. The number of aliphatic hydroxyl groups excluding tert-OH is 3. The summed E-state index contributed by atoms with van der Waals surface area (Å²) in [6.45, 7) is 7.29. The highest BCUT2D eigenvalue weighted by molar-refractivity contribution is 5.94. The van der Waals surface area contributed by atoms with E-state index >= 15 is 0 Å². The fourth-order valence-corrected chi connectivity index (χ4v) is 7.66. The number of aliphatic hydroxyl groups is 4. The van der Waals surface area contributed by atoms with Crippen molar-refractivity contribution in [2.75, 3.05) is 6.61 Å². The fraction of sp³-hybridized carbons (Fsp3) is 0.621. The molecule has 1 heterocycles. The molecule has 0 amide bonds. The topological polar surface area (TPSA) is 160 Å². The van der Waals surface area contributed by atoms with Crippen molar-refractivity contribution in [1.82, 2.24) is 0 Å². The van der Waals surface area contributed by atoms with Crippen LogP contribution in [0.5, 0.6) is 0 Å². The summed E-state index contributed by atoms with van der Waals surface area (Å²) < 4.78 is 17.7. The number of carbonyl (C=O) groups excluding carboxylic acids is 3. The normalized spacial score (nSPS) is 42.7. The zero-order valence-electron chi connectivity index (χ0n) is 22.7. The number of ether oxygens (including phenoxy) is 3. The minimum absolute atomic E-state index is 0.0828. The third-order valence-electron chi connectivity index (χ3n) is 9.95. The van der Waals surface area contributed by atoms with Crippen LogP contribution in [0.2, 0.25) is 0 Å². The molecule has 3 aliphatic carbocycles. The van der Waals surface area contributed by atoms with Gasteiger partial charge in [-0.2, -0.15) is 0 Å². The molecule has 2 saturated carbocycles. The first-order valence-corrected chi connectivity index (χ1v) is 13.2.